The van der Waals surface area contributed by atoms with Crippen LogP contribution in [0.25, 0.3) is 5.95 Å². The van der Waals surface area contributed by atoms with E-state index in [-0.39, 0.29) is 6.61 Å². The van der Waals surface area contributed by atoms with Gasteiger partial charge in [-0.2, -0.15) is 20.1 Å². The lowest BCUT2D eigenvalue weighted by Crippen LogP contribution is -2.16. The Kier molecular flexibility index (Phi) is 4.83. The van der Waals surface area contributed by atoms with E-state index in [2.05, 4.69) is 37.6 Å². The largest absolute Gasteiger partial charge is 0.396 e. The molecule has 0 radical (unpaired) electrons. The minimum absolute atomic E-state index is 0.181. The van der Waals surface area contributed by atoms with Gasteiger partial charge in [-0.3, -0.25) is 0 Å². The van der Waals surface area contributed by atoms with Crippen LogP contribution in [-0.2, 0) is 0 Å². The molecule has 0 aliphatic rings. The topological polar surface area (TPSA) is 101 Å². The summed E-state index contributed by atoms with van der Waals surface area (Å²) in [5.41, 5.74) is 0. The van der Waals surface area contributed by atoms with Gasteiger partial charge in [0.2, 0.25) is 11.9 Å². The predicted octanol–water partition coefficient (Wildman–Crippen LogP) is 0.529. The van der Waals surface area contributed by atoms with Crippen LogP contribution in [0.5, 0.6) is 0 Å². The summed E-state index contributed by atoms with van der Waals surface area (Å²) < 4.78 is 1.57. The Morgan fingerprint density at radius 2 is 2.10 bits per heavy atom. The van der Waals surface area contributed by atoms with Crippen molar-refractivity contribution in [2.45, 2.75) is 13.3 Å². The van der Waals surface area contributed by atoms with E-state index in [1.165, 1.54) is 0 Å². The lowest BCUT2D eigenvalue weighted by atomic mass is 10.1. The van der Waals surface area contributed by atoms with Gasteiger partial charge in [0.1, 0.15) is 0 Å². The van der Waals surface area contributed by atoms with Crippen molar-refractivity contribution in [1.29, 1.82) is 0 Å². The molecule has 0 saturated carbocycles. The molecule has 0 spiro atoms. The molecule has 1 atom stereocenters. The molecule has 0 aliphatic carbocycles. The van der Waals surface area contributed by atoms with E-state index in [0.29, 0.717) is 30.3 Å². The molecule has 2 rings (SSSR count). The highest BCUT2D eigenvalue weighted by atomic mass is 16.3. The van der Waals surface area contributed by atoms with E-state index in [4.69, 9.17) is 5.11 Å². The number of nitrogens with zero attached hydrogens (tertiary/aromatic N) is 5. The van der Waals surface area contributed by atoms with Gasteiger partial charge in [0.15, 0.2) is 0 Å². The molecule has 3 N–H and O–H groups in total. The van der Waals surface area contributed by atoms with Gasteiger partial charge < -0.3 is 15.7 Å². The number of aliphatic hydroxyl groups excluding tert-OH is 1. The summed E-state index contributed by atoms with van der Waals surface area (Å²) in [5.74, 6) is 1.75. The Hall–Kier alpha value is -2.22. The maximum atomic E-state index is 8.89. The molecule has 0 fully saturated rings. The van der Waals surface area contributed by atoms with Gasteiger partial charge in [-0.15, -0.1) is 0 Å². The third kappa shape index (κ3) is 3.64. The van der Waals surface area contributed by atoms with Crippen molar-refractivity contribution in [3.8, 4) is 5.95 Å². The van der Waals surface area contributed by atoms with E-state index in [9.17, 15) is 0 Å². The Balaban J connectivity index is 2.14. The van der Waals surface area contributed by atoms with Gasteiger partial charge in [0, 0.05) is 32.6 Å². The van der Waals surface area contributed by atoms with Crippen LogP contribution >= 0.6 is 0 Å². The fraction of sp³-hybridized carbons (Fsp3) is 0.500. The maximum Gasteiger partial charge on any atom is 0.257 e. The smallest absolute Gasteiger partial charge is 0.257 e. The molecule has 2 aromatic rings. The zero-order valence-corrected chi connectivity index (χ0v) is 11.6. The summed E-state index contributed by atoms with van der Waals surface area (Å²) >= 11 is 0. The molecule has 20 heavy (non-hydrogen) atoms. The number of nitrogens with one attached hydrogen (secondary N) is 2. The van der Waals surface area contributed by atoms with Crippen LogP contribution < -0.4 is 10.6 Å². The zero-order valence-electron chi connectivity index (χ0n) is 11.6. The summed E-state index contributed by atoms with van der Waals surface area (Å²) in [6, 6.07) is 1.80. The number of hydrogen-bond donors (Lipinski definition) is 3. The molecule has 8 nitrogen and oxygen atoms in total. The second kappa shape index (κ2) is 6.80. The second-order valence-corrected chi connectivity index (χ2v) is 4.48. The number of rotatable bonds is 7. The van der Waals surface area contributed by atoms with Crippen molar-refractivity contribution in [2.75, 3.05) is 30.8 Å². The predicted molar refractivity (Wildman–Crippen MR) is 75.9 cm³/mol. The summed E-state index contributed by atoms with van der Waals surface area (Å²) in [6.45, 7) is 2.92. The Bertz CT molecular complexity index is 529. The first-order chi connectivity index (χ1) is 9.72. The molecule has 1 unspecified atom stereocenters. The monoisotopic (exact) mass is 277 g/mol. The number of aliphatic hydroxyl groups is 1. The molecule has 108 valence electrons. The van der Waals surface area contributed by atoms with Crippen LogP contribution in [0.2, 0.25) is 0 Å². The lowest BCUT2D eigenvalue weighted by molar-refractivity contribution is 0.265. The summed E-state index contributed by atoms with van der Waals surface area (Å²) in [6.07, 6.45) is 4.18. The van der Waals surface area contributed by atoms with Gasteiger partial charge in [-0.25, -0.2) is 4.68 Å². The van der Waals surface area contributed by atoms with E-state index < -0.39 is 0 Å². The molecule has 0 bridgehead atoms. The van der Waals surface area contributed by atoms with Crippen LogP contribution in [0.4, 0.5) is 11.9 Å². The van der Waals surface area contributed by atoms with Crippen molar-refractivity contribution in [1.82, 2.24) is 24.7 Å². The summed E-state index contributed by atoms with van der Waals surface area (Å²) in [4.78, 5) is 12.8. The minimum Gasteiger partial charge on any atom is -0.396 e. The molecular formula is C12H19N7O. The third-order valence-corrected chi connectivity index (χ3v) is 2.79. The second-order valence-electron chi connectivity index (χ2n) is 4.48. The average molecular weight is 277 g/mol. The Morgan fingerprint density at radius 1 is 1.30 bits per heavy atom. The van der Waals surface area contributed by atoms with Gasteiger partial charge in [0.05, 0.1) is 0 Å². The van der Waals surface area contributed by atoms with Crippen LogP contribution in [0.1, 0.15) is 13.3 Å². The maximum absolute atomic E-state index is 8.89. The fourth-order valence-electron chi connectivity index (χ4n) is 1.63. The van der Waals surface area contributed by atoms with Gasteiger partial charge in [-0.05, 0) is 18.4 Å². The van der Waals surface area contributed by atoms with Crippen LogP contribution in [0, 0.1) is 5.92 Å². The first-order valence-corrected chi connectivity index (χ1v) is 6.51. The van der Waals surface area contributed by atoms with Gasteiger partial charge in [0.25, 0.3) is 5.95 Å². The van der Waals surface area contributed by atoms with Gasteiger partial charge >= 0.3 is 0 Å². The van der Waals surface area contributed by atoms with Crippen molar-refractivity contribution in [3.05, 3.63) is 18.5 Å². The standard InChI is InChI=1S/C12H19N7O/c1-9(4-7-20)8-14-11-16-10(13-2)17-12(18-11)19-6-3-5-15-19/h3,5-6,9,20H,4,7-8H2,1-2H3,(H2,13,14,16,17,18). The first kappa shape index (κ1) is 14.2. The molecule has 2 aromatic heterocycles. The molecule has 0 saturated heterocycles. The van der Waals surface area contributed by atoms with Gasteiger partial charge in [-0.1, -0.05) is 6.92 Å². The van der Waals surface area contributed by atoms with E-state index in [1.807, 2.05) is 0 Å². The molecular weight excluding hydrogens is 258 g/mol. The molecule has 0 aromatic carbocycles. The lowest BCUT2D eigenvalue weighted by Gasteiger charge is -2.12. The Morgan fingerprint density at radius 3 is 2.75 bits per heavy atom. The molecule has 2 heterocycles. The third-order valence-electron chi connectivity index (χ3n) is 2.79. The van der Waals surface area contributed by atoms with Crippen LogP contribution in [0.3, 0.4) is 0 Å². The van der Waals surface area contributed by atoms with Crippen LogP contribution in [-0.4, -0.2) is 50.0 Å². The zero-order chi connectivity index (χ0) is 14.4. The van der Waals surface area contributed by atoms with E-state index >= 15 is 0 Å². The van der Waals surface area contributed by atoms with Crippen molar-refractivity contribution < 1.29 is 5.11 Å². The SMILES string of the molecule is CNc1nc(NCC(C)CCO)nc(-n2cccn2)n1. The van der Waals surface area contributed by atoms with Crippen LogP contribution in [0.15, 0.2) is 18.5 Å². The molecule has 0 amide bonds. The highest BCUT2D eigenvalue weighted by Gasteiger charge is 2.08. The van der Waals surface area contributed by atoms with E-state index in [0.717, 1.165) is 6.42 Å². The molecule has 0 aliphatic heterocycles. The first-order valence-electron chi connectivity index (χ1n) is 6.51. The molecule has 8 heteroatoms. The quantitative estimate of drug-likeness (QED) is 0.678. The number of aromatic nitrogens is 5. The highest BCUT2D eigenvalue weighted by Crippen LogP contribution is 2.09. The summed E-state index contributed by atoms with van der Waals surface area (Å²) in [5, 5.41) is 19.0. The van der Waals surface area contributed by atoms with Crippen molar-refractivity contribution in [3.63, 3.8) is 0 Å². The van der Waals surface area contributed by atoms with E-state index in [1.54, 1.807) is 30.2 Å². The number of hydrogen-bond acceptors (Lipinski definition) is 7. The average Bonchev–Trinajstić information content (AvgIpc) is 2.99. The number of anilines is 2. The van der Waals surface area contributed by atoms with Crippen molar-refractivity contribution >= 4 is 11.9 Å². The fourth-order valence-corrected chi connectivity index (χ4v) is 1.63. The minimum atomic E-state index is 0.181. The Labute approximate surface area is 117 Å². The van der Waals surface area contributed by atoms with Crippen molar-refractivity contribution in [2.24, 2.45) is 5.92 Å². The summed E-state index contributed by atoms with van der Waals surface area (Å²) in [7, 11) is 1.75. The normalized spacial score (nSPS) is 12.2. The highest BCUT2D eigenvalue weighted by molar-refractivity contribution is 5.37.